The van der Waals surface area contributed by atoms with Crippen LogP contribution < -0.4 is 0 Å². The van der Waals surface area contributed by atoms with Crippen LogP contribution in [0.25, 0.3) is 0 Å². The van der Waals surface area contributed by atoms with Crippen LogP contribution in [-0.4, -0.2) is 37.2 Å². The van der Waals surface area contributed by atoms with E-state index in [4.69, 9.17) is 14.2 Å². The van der Waals surface area contributed by atoms with Gasteiger partial charge in [0, 0.05) is 19.3 Å². The van der Waals surface area contributed by atoms with Gasteiger partial charge in [-0.1, -0.05) is 316 Å². The molecule has 0 heterocycles. The van der Waals surface area contributed by atoms with Crippen molar-refractivity contribution in [2.45, 2.75) is 322 Å². The van der Waals surface area contributed by atoms with Gasteiger partial charge in [0.25, 0.3) is 0 Å². The SMILES string of the molecule is CC/C=C\C/C=C\C/C=C\C/C=C\C/C=C\C/C=C\C/C=C\C/C=C\C/C=C\CCCCCCCCCC(=O)OCC(COC(=O)CCCCCCCCCCCCC)OC(=O)CCCCCCCCCCCCCCCCC. The molecule has 1 atom stereocenters. The van der Waals surface area contributed by atoms with Crippen LogP contribution in [0.5, 0.6) is 0 Å². The van der Waals surface area contributed by atoms with Crippen molar-refractivity contribution in [3.05, 3.63) is 109 Å². The molecule has 79 heavy (non-hydrogen) atoms. The summed E-state index contributed by atoms with van der Waals surface area (Å²) in [6.45, 7) is 6.54. The van der Waals surface area contributed by atoms with Gasteiger partial charge in [-0.2, -0.15) is 0 Å². The average molecular weight is 1100 g/mol. The third-order valence-corrected chi connectivity index (χ3v) is 14.3. The van der Waals surface area contributed by atoms with E-state index in [9.17, 15) is 14.4 Å². The van der Waals surface area contributed by atoms with Crippen molar-refractivity contribution in [1.29, 1.82) is 0 Å². The number of carbonyl (C=O) groups excluding carboxylic acids is 3. The van der Waals surface area contributed by atoms with Crippen LogP contribution in [0.1, 0.15) is 316 Å². The third-order valence-electron chi connectivity index (χ3n) is 14.3. The molecule has 0 aliphatic rings. The van der Waals surface area contributed by atoms with Crippen LogP contribution >= 0.6 is 0 Å². The zero-order valence-electron chi connectivity index (χ0n) is 51.9. The molecule has 452 valence electrons. The highest BCUT2D eigenvalue weighted by molar-refractivity contribution is 5.71. The normalized spacial score (nSPS) is 12.8. The zero-order chi connectivity index (χ0) is 57.1. The van der Waals surface area contributed by atoms with E-state index in [-0.39, 0.29) is 31.1 Å². The van der Waals surface area contributed by atoms with Gasteiger partial charge in [0.15, 0.2) is 6.10 Å². The summed E-state index contributed by atoms with van der Waals surface area (Å²) in [6, 6.07) is 0. The van der Waals surface area contributed by atoms with Crippen molar-refractivity contribution in [3.8, 4) is 0 Å². The summed E-state index contributed by atoms with van der Waals surface area (Å²) in [5, 5.41) is 0. The molecule has 0 aromatic carbocycles. The first kappa shape index (κ1) is 75.1. The Hall–Kier alpha value is -3.93. The first-order valence-electron chi connectivity index (χ1n) is 33.4. The van der Waals surface area contributed by atoms with E-state index < -0.39 is 6.10 Å². The lowest BCUT2D eigenvalue weighted by Crippen LogP contribution is -2.30. The van der Waals surface area contributed by atoms with E-state index in [0.29, 0.717) is 19.3 Å². The number of allylic oxidation sites excluding steroid dienone is 18. The molecule has 0 spiro atoms. The van der Waals surface area contributed by atoms with E-state index in [1.165, 1.54) is 154 Å². The lowest BCUT2D eigenvalue weighted by atomic mass is 10.0. The maximum absolute atomic E-state index is 12.9. The minimum atomic E-state index is -0.779. The predicted molar refractivity (Wildman–Crippen MR) is 343 cm³/mol. The summed E-state index contributed by atoms with van der Waals surface area (Å²) in [5.41, 5.74) is 0. The van der Waals surface area contributed by atoms with Gasteiger partial charge < -0.3 is 14.2 Å². The lowest BCUT2D eigenvalue weighted by molar-refractivity contribution is -0.167. The highest BCUT2D eigenvalue weighted by atomic mass is 16.6. The number of hydrogen-bond acceptors (Lipinski definition) is 6. The first-order valence-corrected chi connectivity index (χ1v) is 33.4. The molecule has 0 radical (unpaired) electrons. The Morgan fingerprint density at radius 2 is 0.494 bits per heavy atom. The van der Waals surface area contributed by atoms with Gasteiger partial charge >= 0.3 is 17.9 Å². The number of carbonyl (C=O) groups is 3. The molecule has 0 saturated heterocycles. The first-order chi connectivity index (χ1) is 39.0. The molecule has 0 aliphatic carbocycles. The van der Waals surface area contributed by atoms with Crippen LogP contribution in [0.4, 0.5) is 0 Å². The highest BCUT2D eigenvalue weighted by Crippen LogP contribution is 2.17. The smallest absolute Gasteiger partial charge is 0.306 e. The van der Waals surface area contributed by atoms with E-state index >= 15 is 0 Å². The zero-order valence-corrected chi connectivity index (χ0v) is 51.9. The Labute approximate surface area is 489 Å². The monoisotopic (exact) mass is 1100 g/mol. The molecular weight excluding hydrogens is 973 g/mol. The fraction of sp³-hybridized carbons (Fsp3) is 0.712. The number of hydrogen-bond donors (Lipinski definition) is 0. The van der Waals surface area contributed by atoms with Gasteiger partial charge in [0.05, 0.1) is 0 Å². The minimum Gasteiger partial charge on any atom is -0.462 e. The molecule has 0 fully saturated rings. The predicted octanol–water partition coefficient (Wildman–Crippen LogP) is 23.0. The standard InChI is InChI=1S/C73H124O6/c1-4-7-10-13-16-19-22-24-26-27-28-29-30-31-32-33-34-35-36-37-38-39-40-41-42-43-44-45-47-48-51-54-57-60-63-66-72(75)78-69-70(68-77-71(74)65-62-59-56-53-50-21-18-15-12-9-6-3)79-73(76)67-64-61-58-55-52-49-46-25-23-20-17-14-11-8-5-2/h7,10,16,19,24,26,28-29,31-32,34-35,37-38,40-41,43-44,70H,4-6,8-9,11-15,17-18,20-23,25,27,30,33,36,39,42,45-69H2,1-3H3/b10-7-,19-16-,26-24-,29-28-,32-31-,35-34-,38-37-,41-40-,44-43-. The third kappa shape index (κ3) is 64.8. The summed E-state index contributed by atoms with van der Waals surface area (Å²) < 4.78 is 16.9. The Bertz CT molecular complexity index is 1590. The lowest BCUT2D eigenvalue weighted by Gasteiger charge is -2.18. The number of rotatable bonds is 60. The van der Waals surface area contributed by atoms with E-state index in [1.807, 2.05) is 0 Å². The summed E-state index contributed by atoms with van der Waals surface area (Å²) in [5.74, 6) is -0.877. The van der Waals surface area contributed by atoms with E-state index in [2.05, 4.69) is 130 Å². The molecule has 0 amide bonds. The molecule has 0 bridgehead atoms. The highest BCUT2D eigenvalue weighted by Gasteiger charge is 2.19. The Morgan fingerprint density at radius 1 is 0.266 bits per heavy atom. The fourth-order valence-corrected chi connectivity index (χ4v) is 9.32. The molecular formula is C73H124O6. The molecule has 1 unspecified atom stereocenters. The Morgan fingerprint density at radius 3 is 0.772 bits per heavy atom. The summed E-state index contributed by atoms with van der Waals surface area (Å²) in [4.78, 5) is 38.2. The van der Waals surface area contributed by atoms with Crippen molar-refractivity contribution in [2.75, 3.05) is 13.2 Å². The van der Waals surface area contributed by atoms with Crippen molar-refractivity contribution in [1.82, 2.24) is 0 Å². The Kier molecular flexibility index (Phi) is 63.3. The molecule has 0 aliphatic heterocycles. The second kappa shape index (κ2) is 66.6. The number of unbranched alkanes of at least 4 members (excludes halogenated alkanes) is 31. The van der Waals surface area contributed by atoms with Gasteiger partial charge in [-0.05, 0) is 89.9 Å². The molecule has 0 N–H and O–H groups in total. The number of ether oxygens (including phenoxy) is 3. The maximum atomic E-state index is 12.9. The maximum Gasteiger partial charge on any atom is 0.306 e. The topological polar surface area (TPSA) is 78.9 Å². The second-order valence-electron chi connectivity index (χ2n) is 22.0. The minimum absolute atomic E-state index is 0.0767. The van der Waals surface area contributed by atoms with Crippen LogP contribution in [-0.2, 0) is 28.6 Å². The largest absolute Gasteiger partial charge is 0.462 e. The van der Waals surface area contributed by atoms with Gasteiger partial charge in [-0.3, -0.25) is 14.4 Å². The second-order valence-corrected chi connectivity index (χ2v) is 22.0. The molecule has 6 heteroatoms. The van der Waals surface area contributed by atoms with Crippen LogP contribution in [0.2, 0.25) is 0 Å². The summed E-state index contributed by atoms with van der Waals surface area (Å²) in [6.07, 6.45) is 91.0. The summed E-state index contributed by atoms with van der Waals surface area (Å²) in [7, 11) is 0. The average Bonchev–Trinajstić information content (AvgIpc) is 3.45. The molecule has 0 saturated carbocycles. The summed E-state index contributed by atoms with van der Waals surface area (Å²) >= 11 is 0. The van der Waals surface area contributed by atoms with Gasteiger partial charge in [-0.25, -0.2) is 0 Å². The van der Waals surface area contributed by atoms with Crippen LogP contribution in [0, 0.1) is 0 Å². The van der Waals surface area contributed by atoms with Crippen LogP contribution in [0.15, 0.2) is 109 Å². The van der Waals surface area contributed by atoms with E-state index in [0.717, 1.165) is 122 Å². The fourth-order valence-electron chi connectivity index (χ4n) is 9.32. The van der Waals surface area contributed by atoms with Crippen molar-refractivity contribution in [2.24, 2.45) is 0 Å². The quantitative estimate of drug-likeness (QED) is 0.0261. The molecule has 6 nitrogen and oxygen atoms in total. The van der Waals surface area contributed by atoms with Crippen molar-refractivity contribution < 1.29 is 28.6 Å². The van der Waals surface area contributed by atoms with Crippen LogP contribution in [0.3, 0.4) is 0 Å². The van der Waals surface area contributed by atoms with Gasteiger partial charge in [0.2, 0.25) is 0 Å². The van der Waals surface area contributed by atoms with Crippen molar-refractivity contribution in [3.63, 3.8) is 0 Å². The Balaban J connectivity index is 4.21. The van der Waals surface area contributed by atoms with Gasteiger partial charge in [0.1, 0.15) is 13.2 Å². The number of esters is 3. The molecule has 0 aromatic heterocycles. The van der Waals surface area contributed by atoms with Gasteiger partial charge in [-0.15, -0.1) is 0 Å². The molecule has 0 aromatic rings. The van der Waals surface area contributed by atoms with Crippen molar-refractivity contribution >= 4 is 17.9 Å². The molecule has 0 rings (SSSR count). The van der Waals surface area contributed by atoms with E-state index in [1.54, 1.807) is 0 Å².